The van der Waals surface area contributed by atoms with Gasteiger partial charge in [-0.15, -0.1) is 0 Å². The van der Waals surface area contributed by atoms with Gasteiger partial charge in [-0.3, -0.25) is 9.78 Å². The van der Waals surface area contributed by atoms with E-state index in [0.29, 0.717) is 32.0 Å². The van der Waals surface area contributed by atoms with Gasteiger partial charge in [-0.2, -0.15) is 0 Å². The number of hydrogen-bond donors (Lipinski definition) is 2. The van der Waals surface area contributed by atoms with Gasteiger partial charge in [-0.05, 0) is 47.9 Å². The number of benzene rings is 1. The lowest BCUT2D eigenvalue weighted by molar-refractivity contribution is -0.115. The molecule has 3 heterocycles. The zero-order valence-corrected chi connectivity index (χ0v) is 18.0. The standard InChI is InChI=1S/C24H26N6O2/c1-17-14-20(8-9-26-17)19-4-2-18(3-5-19)15-23(31)28-22-7-6-21(16-27-22)29-10-12-30(13-11-29)24(25)32/h2-9,14,16H,10-13,15H2,1H3,(H2,25,32)(H,27,28,31). The molecule has 32 heavy (non-hydrogen) atoms. The van der Waals surface area contributed by atoms with E-state index in [-0.39, 0.29) is 18.4 Å². The number of carbonyl (C=O) groups is 2. The van der Waals surface area contributed by atoms with E-state index in [2.05, 4.69) is 20.2 Å². The minimum absolute atomic E-state index is 0.118. The van der Waals surface area contributed by atoms with E-state index in [9.17, 15) is 9.59 Å². The predicted octanol–water partition coefficient (Wildman–Crippen LogP) is 2.83. The Morgan fingerprint density at radius 1 is 0.969 bits per heavy atom. The summed E-state index contributed by atoms with van der Waals surface area (Å²) in [5, 5.41) is 2.85. The Morgan fingerprint density at radius 2 is 1.72 bits per heavy atom. The highest BCUT2D eigenvalue weighted by Crippen LogP contribution is 2.21. The van der Waals surface area contributed by atoms with Crippen LogP contribution in [-0.4, -0.2) is 53.0 Å². The normalized spacial score (nSPS) is 13.7. The number of pyridine rings is 2. The van der Waals surface area contributed by atoms with Crippen molar-refractivity contribution in [2.24, 2.45) is 5.73 Å². The number of aromatic nitrogens is 2. The number of primary amides is 1. The first-order valence-electron chi connectivity index (χ1n) is 10.5. The van der Waals surface area contributed by atoms with Crippen LogP contribution in [-0.2, 0) is 11.2 Å². The monoisotopic (exact) mass is 430 g/mol. The van der Waals surface area contributed by atoms with Gasteiger partial charge in [-0.1, -0.05) is 24.3 Å². The number of nitrogens with zero attached hydrogens (tertiary/aromatic N) is 4. The van der Waals surface area contributed by atoms with Crippen LogP contribution in [0.5, 0.6) is 0 Å². The fourth-order valence-corrected chi connectivity index (χ4v) is 3.74. The number of nitrogens with one attached hydrogen (secondary N) is 1. The van der Waals surface area contributed by atoms with Gasteiger partial charge in [0.1, 0.15) is 5.82 Å². The van der Waals surface area contributed by atoms with E-state index in [1.54, 1.807) is 23.4 Å². The van der Waals surface area contributed by atoms with Gasteiger partial charge < -0.3 is 20.9 Å². The quantitative estimate of drug-likeness (QED) is 0.648. The van der Waals surface area contributed by atoms with Crippen LogP contribution in [0.2, 0.25) is 0 Å². The Kier molecular flexibility index (Phi) is 6.30. The number of rotatable bonds is 5. The van der Waals surface area contributed by atoms with Gasteiger partial charge in [0.25, 0.3) is 0 Å². The molecule has 0 bridgehead atoms. The van der Waals surface area contributed by atoms with Crippen molar-refractivity contribution < 1.29 is 9.59 Å². The summed E-state index contributed by atoms with van der Waals surface area (Å²) >= 11 is 0. The number of anilines is 2. The Morgan fingerprint density at radius 3 is 2.34 bits per heavy atom. The second kappa shape index (κ2) is 9.47. The van der Waals surface area contributed by atoms with E-state index >= 15 is 0 Å². The maximum Gasteiger partial charge on any atom is 0.314 e. The molecule has 3 N–H and O–H groups in total. The van der Waals surface area contributed by atoms with Crippen LogP contribution in [0.3, 0.4) is 0 Å². The van der Waals surface area contributed by atoms with Crippen molar-refractivity contribution in [3.8, 4) is 11.1 Å². The summed E-state index contributed by atoms with van der Waals surface area (Å²) in [7, 11) is 0. The molecular weight excluding hydrogens is 404 g/mol. The molecule has 164 valence electrons. The number of hydrogen-bond acceptors (Lipinski definition) is 5. The average Bonchev–Trinajstić information content (AvgIpc) is 2.80. The van der Waals surface area contributed by atoms with E-state index in [4.69, 9.17) is 5.73 Å². The number of amides is 3. The van der Waals surface area contributed by atoms with E-state index in [0.717, 1.165) is 28.1 Å². The molecule has 1 aliphatic rings. The van der Waals surface area contributed by atoms with Crippen LogP contribution in [0.4, 0.5) is 16.3 Å². The van der Waals surface area contributed by atoms with Crippen molar-refractivity contribution in [1.82, 2.24) is 14.9 Å². The fourth-order valence-electron chi connectivity index (χ4n) is 3.74. The van der Waals surface area contributed by atoms with Crippen molar-refractivity contribution in [1.29, 1.82) is 0 Å². The van der Waals surface area contributed by atoms with Crippen LogP contribution in [0.25, 0.3) is 11.1 Å². The van der Waals surface area contributed by atoms with Gasteiger partial charge in [0.15, 0.2) is 0 Å². The second-order valence-electron chi connectivity index (χ2n) is 7.82. The molecule has 3 aromatic rings. The molecule has 2 aromatic heterocycles. The molecular formula is C24H26N6O2. The molecule has 0 radical (unpaired) electrons. The minimum Gasteiger partial charge on any atom is -0.367 e. The van der Waals surface area contributed by atoms with Gasteiger partial charge >= 0.3 is 6.03 Å². The summed E-state index contributed by atoms with van der Waals surface area (Å²) in [6.45, 7) is 4.55. The average molecular weight is 431 g/mol. The zero-order valence-electron chi connectivity index (χ0n) is 18.0. The Bertz CT molecular complexity index is 1090. The lowest BCUT2D eigenvalue weighted by Crippen LogP contribution is -2.50. The molecule has 0 aliphatic carbocycles. The fraction of sp³-hybridized carbons (Fsp3) is 0.250. The Balaban J connectivity index is 1.31. The molecule has 1 aliphatic heterocycles. The topological polar surface area (TPSA) is 104 Å². The Labute approximate surface area is 187 Å². The third kappa shape index (κ3) is 5.21. The van der Waals surface area contributed by atoms with E-state index in [1.165, 1.54) is 0 Å². The predicted molar refractivity (Wildman–Crippen MR) is 124 cm³/mol. The maximum absolute atomic E-state index is 12.4. The summed E-state index contributed by atoms with van der Waals surface area (Å²) in [5.41, 5.74) is 10.4. The molecule has 0 saturated carbocycles. The van der Waals surface area contributed by atoms with Crippen LogP contribution in [0.1, 0.15) is 11.3 Å². The number of aryl methyl sites for hydroxylation is 1. The molecule has 0 spiro atoms. The molecule has 8 heteroatoms. The minimum atomic E-state index is -0.386. The first-order chi connectivity index (χ1) is 15.5. The first kappa shape index (κ1) is 21.3. The summed E-state index contributed by atoms with van der Waals surface area (Å²) in [4.78, 5) is 36.1. The van der Waals surface area contributed by atoms with E-state index < -0.39 is 0 Å². The lowest BCUT2D eigenvalue weighted by atomic mass is 10.0. The highest BCUT2D eigenvalue weighted by Gasteiger charge is 2.19. The smallest absolute Gasteiger partial charge is 0.314 e. The highest BCUT2D eigenvalue weighted by atomic mass is 16.2. The summed E-state index contributed by atoms with van der Waals surface area (Å²) in [6.07, 6.45) is 3.81. The third-order valence-corrected chi connectivity index (χ3v) is 5.52. The maximum atomic E-state index is 12.4. The van der Waals surface area contributed by atoms with Crippen molar-refractivity contribution in [3.63, 3.8) is 0 Å². The number of carbonyl (C=O) groups excluding carboxylic acids is 2. The molecule has 8 nitrogen and oxygen atoms in total. The van der Waals surface area contributed by atoms with Gasteiger partial charge in [-0.25, -0.2) is 9.78 Å². The van der Waals surface area contributed by atoms with Crippen LogP contribution in [0, 0.1) is 6.92 Å². The second-order valence-corrected chi connectivity index (χ2v) is 7.82. The molecule has 1 saturated heterocycles. The van der Waals surface area contributed by atoms with Crippen LogP contribution in [0.15, 0.2) is 60.9 Å². The van der Waals surface area contributed by atoms with Gasteiger partial charge in [0.05, 0.1) is 18.3 Å². The molecule has 1 fully saturated rings. The van der Waals surface area contributed by atoms with Crippen LogP contribution >= 0.6 is 0 Å². The summed E-state index contributed by atoms with van der Waals surface area (Å²) in [6, 6.07) is 15.3. The molecule has 1 aromatic carbocycles. The van der Waals surface area contributed by atoms with E-state index in [1.807, 2.05) is 49.4 Å². The molecule has 3 amide bonds. The SMILES string of the molecule is Cc1cc(-c2ccc(CC(=O)Nc3ccc(N4CCN(C(N)=O)CC4)cn3)cc2)ccn1. The number of urea groups is 1. The van der Waals surface area contributed by atoms with Crippen molar-refractivity contribution in [2.75, 3.05) is 36.4 Å². The van der Waals surface area contributed by atoms with Crippen molar-refractivity contribution in [2.45, 2.75) is 13.3 Å². The summed E-state index contributed by atoms with van der Waals surface area (Å²) in [5.74, 6) is 0.395. The van der Waals surface area contributed by atoms with Gasteiger partial charge in [0, 0.05) is 38.1 Å². The third-order valence-electron chi connectivity index (χ3n) is 5.52. The molecule has 0 unspecified atom stereocenters. The zero-order chi connectivity index (χ0) is 22.5. The molecule has 4 rings (SSSR count). The highest BCUT2D eigenvalue weighted by molar-refractivity contribution is 5.91. The lowest BCUT2D eigenvalue weighted by Gasteiger charge is -2.35. The number of piperazine rings is 1. The largest absolute Gasteiger partial charge is 0.367 e. The summed E-state index contributed by atoms with van der Waals surface area (Å²) < 4.78 is 0. The van der Waals surface area contributed by atoms with Gasteiger partial charge in [0.2, 0.25) is 5.91 Å². The first-order valence-corrected chi connectivity index (χ1v) is 10.5. The Hall–Kier alpha value is -3.94. The number of nitrogens with two attached hydrogens (primary N) is 1. The molecule has 0 atom stereocenters. The van der Waals surface area contributed by atoms with Crippen molar-refractivity contribution >= 4 is 23.4 Å². The van der Waals surface area contributed by atoms with Crippen molar-refractivity contribution in [3.05, 3.63) is 72.2 Å². The van der Waals surface area contributed by atoms with Crippen LogP contribution < -0.4 is 16.0 Å².